The van der Waals surface area contributed by atoms with Crippen LogP contribution in [-0.2, 0) is 9.59 Å². The van der Waals surface area contributed by atoms with Crippen molar-refractivity contribution in [3.05, 3.63) is 110 Å². The minimum Gasteiger partial charge on any atom is -0.495 e. The number of nitriles is 1. The van der Waals surface area contributed by atoms with Gasteiger partial charge in [0.15, 0.2) is 0 Å². The molecule has 39 heavy (non-hydrogen) atoms. The summed E-state index contributed by atoms with van der Waals surface area (Å²) in [6.07, 6.45) is 0. The summed E-state index contributed by atoms with van der Waals surface area (Å²) in [6, 6.07) is 23.7. The fourth-order valence-corrected chi connectivity index (χ4v) is 5.55. The molecule has 10 heteroatoms. The summed E-state index contributed by atoms with van der Waals surface area (Å²) in [6.45, 7) is 1.76. The first-order valence-corrected chi connectivity index (χ1v) is 14.0. The zero-order valence-corrected chi connectivity index (χ0v) is 24.2. The van der Waals surface area contributed by atoms with Crippen molar-refractivity contribution >= 4 is 62.5 Å². The number of rotatable bonds is 8. The Labute approximate surface area is 244 Å². The maximum Gasteiger partial charge on any atom is 0.254 e. The molecule has 1 aliphatic heterocycles. The van der Waals surface area contributed by atoms with Crippen LogP contribution in [0.15, 0.2) is 99.1 Å². The van der Waals surface area contributed by atoms with Gasteiger partial charge >= 0.3 is 0 Å². The van der Waals surface area contributed by atoms with Crippen molar-refractivity contribution in [2.45, 2.75) is 12.8 Å². The van der Waals surface area contributed by atoms with Crippen LogP contribution in [0.5, 0.6) is 5.75 Å². The summed E-state index contributed by atoms with van der Waals surface area (Å²) in [4.78, 5) is 26.4. The Morgan fingerprint density at radius 2 is 1.77 bits per heavy atom. The molecule has 1 heterocycles. The Kier molecular flexibility index (Phi) is 9.36. The number of anilines is 2. The van der Waals surface area contributed by atoms with Crippen LogP contribution in [0.2, 0.25) is 5.02 Å². The van der Waals surface area contributed by atoms with Crippen LogP contribution in [0, 0.1) is 11.3 Å². The second-order valence-electron chi connectivity index (χ2n) is 8.47. The molecule has 4 rings (SSSR count). The molecule has 0 saturated heterocycles. The normalized spacial score (nSPS) is 14.8. The zero-order chi connectivity index (χ0) is 27.9. The predicted octanol–water partition coefficient (Wildman–Crippen LogP) is 6.82. The maximum atomic E-state index is 13.7. The molecule has 0 radical (unpaired) electrons. The molecule has 3 aromatic carbocycles. The third-order valence-corrected chi connectivity index (χ3v) is 7.83. The minimum atomic E-state index is -0.753. The number of dihydropyridines is 1. The van der Waals surface area contributed by atoms with E-state index in [-0.39, 0.29) is 11.7 Å². The number of benzene rings is 3. The summed E-state index contributed by atoms with van der Waals surface area (Å²) in [5.41, 5.74) is 2.95. The highest BCUT2D eigenvalue weighted by atomic mass is 79.9. The van der Waals surface area contributed by atoms with E-state index in [1.54, 1.807) is 61.5 Å². The van der Waals surface area contributed by atoms with E-state index < -0.39 is 11.8 Å². The molecule has 198 valence electrons. The van der Waals surface area contributed by atoms with E-state index >= 15 is 0 Å². The summed E-state index contributed by atoms with van der Waals surface area (Å²) in [5.74, 6) is -0.832. The van der Waals surface area contributed by atoms with Crippen LogP contribution >= 0.6 is 39.3 Å². The van der Waals surface area contributed by atoms with Crippen molar-refractivity contribution in [1.29, 1.82) is 5.26 Å². The van der Waals surface area contributed by atoms with Crippen LogP contribution in [-0.4, -0.2) is 24.7 Å². The van der Waals surface area contributed by atoms with Gasteiger partial charge in [-0.2, -0.15) is 5.26 Å². The second kappa shape index (κ2) is 12.9. The number of thioether (sulfide) groups is 1. The Morgan fingerprint density at radius 3 is 2.46 bits per heavy atom. The zero-order valence-electron chi connectivity index (χ0n) is 21.0. The molecule has 0 bridgehead atoms. The first kappa shape index (κ1) is 28.3. The van der Waals surface area contributed by atoms with Gasteiger partial charge in [-0.25, -0.2) is 0 Å². The van der Waals surface area contributed by atoms with E-state index in [0.29, 0.717) is 49.6 Å². The number of carbonyl (C=O) groups is 2. The van der Waals surface area contributed by atoms with Gasteiger partial charge in [0.05, 0.1) is 41.1 Å². The van der Waals surface area contributed by atoms with Crippen LogP contribution in [0.4, 0.5) is 11.4 Å². The maximum absolute atomic E-state index is 13.7. The number of para-hydroxylation sites is 2. The molecular formula is C29H24BrClN4O3S. The summed E-state index contributed by atoms with van der Waals surface area (Å²) >= 11 is 11.1. The number of allylic oxidation sites excluding steroid dienone is 2. The Morgan fingerprint density at radius 1 is 1.08 bits per heavy atom. The third kappa shape index (κ3) is 6.66. The lowest BCUT2D eigenvalue weighted by molar-refractivity contribution is -0.114. The SMILES string of the molecule is COc1ccccc1NC(=O)C1=C(C)NC(SCC(=O)Nc2ccc(Br)cc2)=C(C#N)[C@@H]1c1ccccc1Cl. The van der Waals surface area contributed by atoms with Gasteiger partial charge in [-0.3, -0.25) is 9.59 Å². The largest absolute Gasteiger partial charge is 0.495 e. The topological polar surface area (TPSA) is 103 Å². The first-order valence-electron chi connectivity index (χ1n) is 11.8. The number of carbonyl (C=O) groups excluding carboxylic acids is 2. The molecule has 1 atom stereocenters. The fourth-order valence-electron chi connectivity index (χ4n) is 4.15. The highest BCUT2D eigenvalue weighted by Crippen LogP contribution is 2.43. The van der Waals surface area contributed by atoms with Gasteiger partial charge in [-0.05, 0) is 55.0 Å². The number of nitrogens with one attached hydrogen (secondary N) is 3. The van der Waals surface area contributed by atoms with Gasteiger partial charge in [0.1, 0.15) is 5.75 Å². The van der Waals surface area contributed by atoms with Gasteiger partial charge in [-0.1, -0.05) is 69.6 Å². The van der Waals surface area contributed by atoms with Gasteiger partial charge in [0, 0.05) is 26.5 Å². The average molecular weight is 624 g/mol. The fraction of sp³-hybridized carbons (Fsp3) is 0.138. The molecule has 0 spiro atoms. The Bertz CT molecular complexity index is 1520. The Hall–Kier alpha value is -3.71. The number of hydrogen-bond donors (Lipinski definition) is 3. The molecule has 0 fully saturated rings. The van der Waals surface area contributed by atoms with E-state index in [2.05, 4.69) is 37.9 Å². The highest BCUT2D eigenvalue weighted by Gasteiger charge is 2.36. The van der Waals surface area contributed by atoms with Crippen LogP contribution < -0.4 is 20.7 Å². The molecular weight excluding hydrogens is 600 g/mol. The lowest BCUT2D eigenvalue weighted by Crippen LogP contribution is -2.31. The molecule has 0 aromatic heterocycles. The van der Waals surface area contributed by atoms with E-state index in [1.807, 2.05) is 18.2 Å². The smallest absolute Gasteiger partial charge is 0.254 e. The third-order valence-electron chi connectivity index (χ3n) is 5.94. The van der Waals surface area contributed by atoms with Crippen molar-refractivity contribution in [2.75, 3.05) is 23.5 Å². The van der Waals surface area contributed by atoms with Crippen molar-refractivity contribution in [3.8, 4) is 11.8 Å². The van der Waals surface area contributed by atoms with Crippen molar-refractivity contribution in [2.24, 2.45) is 0 Å². The highest BCUT2D eigenvalue weighted by molar-refractivity contribution is 9.10. The van der Waals surface area contributed by atoms with Crippen molar-refractivity contribution in [1.82, 2.24) is 5.32 Å². The standard InChI is InChI=1S/C29H24BrClN4O3S/c1-17-26(28(37)35-23-9-5-6-10-24(23)38-2)27(20-7-3-4-8-22(20)31)21(15-32)29(33-17)39-16-25(36)34-19-13-11-18(30)12-14-19/h3-14,27,33H,16H2,1-2H3,(H,34,36)(H,35,37)/t27-/m0/s1. The number of halogens is 2. The van der Waals surface area contributed by atoms with E-state index in [1.165, 1.54) is 18.9 Å². The number of ether oxygens (including phenoxy) is 1. The van der Waals surface area contributed by atoms with Gasteiger partial charge in [-0.15, -0.1) is 0 Å². The van der Waals surface area contributed by atoms with Crippen molar-refractivity contribution in [3.63, 3.8) is 0 Å². The van der Waals surface area contributed by atoms with Gasteiger partial charge < -0.3 is 20.7 Å². The first-order chi connectivity index (χ1) is 18.8. The second-order valence-corrected chi connectivity index (χ2v) is 10.8. The number of methoxy groups -OCH3 is 1. The lowest BCUT2D eigenvalue weighted by Gasteiger charge is -2.30. The van der Waals surface area contributed by atoms with E-state index in [4.69, 9.17) is 16.3 Å². The van der Waals surface area contributed by atoms with E-state index in [9.17, 15) is 14.9 Å². The minimum absolute atomic E-state index is 0.0504. The van der Waals surface area contributed by atoms with Crippen LogP contribution in [0.3, 0.4) is 0 Å². The van der Waals surface area contributed by atoms with Gasteiger partial charge in [0.25, 0.3) is 5.91 Å². The number of amides is 2. The average Bonchev–Trinajstić information content (AvgIpc) is 2.93. The van der Waals surface area contributed by atoms with Crippen molar-refractivity contribution < 1.29 is 14.3 Å². The molecule has 0 unspecified atom stereocenters. The quantitative estimate of drug-likeness (QED) is 0.255. The van der Waals surface area contributed by atoms with E-state index in [0.717, 1.165) is 4.47 Å². The molecule has 7 nitrogen and oxygen atoms in total. The molecule has 0 saturated carbocycles. The summed E-state index contributed by atoms with van der Waals surface area (Å²) in [5, 5.41) is 20.1. The lowest BCUT2D eigenvalue weighted by atomic mass is 9.82. The number of hydrogen-bond acceptors (Lipinski definition) is 6. The van der Waals surface area contributed by atoms with Gasteiger partial charge in [0.2, 0.25) is 5.91 Å². The molecule has 0 aliphatic carbocycles. The molecule has 3 aromatic rings. The van der Waals surface area contributed by atoms with Crippen LogP contribution in [0.25, 0.3) is 0 Å². The number of nitrogens with zero attached hydrogens (tertiary/aromatic N) is 1. The summed E-state index contributed by atoms with van der Waals surface area (Å²) < 4.78 is 6.29. The monoisotopic (exact) mass is 622 g/mol. The molecule has 2 amide bonds. The molecule has 1 aliphatic rings. The molecule has 3 N–H and O–H groups in total. The predicted molar refractivity (Wildman–Crippen MR) is 160 cm³/mol. The Balaban J connectivity index is 1.65. The summed E-state index contributed by atoms with van der Waals surface area (Å²) in [7, 11) is 1.52. The van der Waals surface area contributed by atoms with Crippen LogP contribution in [0.1, 0.15) is 18.4 Å².